The lowest BCUT2D eigenvalue weighted by Crippen LogP contribution is -2.12. The van der Waals surface area contributed by atoms with Gasteiger partial charge in [0.2, 0.25) is 0 Å². The molecule has 0 spiro atoms. The van der Waals surface area contributed by atoms with Crippen LogP contribution < -0.4 is 5.32 Å². The summed E-state index contributed by atoms with van der Waals surface area (Å²) in [6.07, 6.45) is 3.26. The standard InChI is InChI=1S/C17H16N4O2/c1-23-11-12-5-4-6-13(9-12)17(22)20-15-10-19-21-16(15)14-7-2-3-8-18-14/h2-10H,11H2,1H3,(H,19,21)(H,20,22). The minimum atomic E-state index is -0.207. The Kier molecular flexibility index (Phi) is 4.44. The number of pyridine rings is 1. The molecule has 0 fully saturated rings. The van der Waals surface area contributed by atoms with E-state index in [0.717, 1.165) is 5.56 Å². The summed E-state index contributed by atoms with van der Waals surface area (Å²) in [5.74, 6) is -0.207. The molecule has 6 heteroatoms. The smallest absolute Gasteiger partial charge is 0.255 e. The quantitative estimate of drug-likeness (QED) is 0.759. The van der Waals surface area contributed by atoms with Crippen LogP contribution in [0.1, 0.15) is 15.9 Å². The number of rotatable bonds is 5. The summed E-state index contributed by atoms with van der Waals surface area (Å²) in [4.78, 5) is 16.7. The fraction of sp³-hybridized carbons (Fsp3) is 0.118. The van der Waals surface area contributed by atoms with Crippen molar-refractivity contribution in [1.82, 2.24) is 15.2 Å². The third kappa shape index (κ3) is 3.44. The van der Waals surface area contributed by atoms with Crippen molar-refractivity contribution >= 4 is 11.6 Å². The monoisotopic (exact) mass is 308 g/mol. The Bertz CT molecular complexity index is 799. The average Bonchev–Trinajstić information content (AvgIpc) is 3.04. The molecular formula is C17H16N4O2. The molecule has 2 N–H and O–H groups in total. The molecule has 0 aliphatic heterocycles. The second-order valence-corrected chi connectivity index (χ2v) is 4.96. The van der Waals surface area contributed by atoms with E-state index in [1.807, 2.05) is 30.3 Å². The van der Waals surface area contributed by atoms with E-state index in [2.05, 4.69) is 20.5 Å². The van der Waals surface area contributed by atoms with Crippen molar-refractivity contribution in [3.63, 3.8) is 0 Å². The molecule has 0 saturated carbocycles. The molecule has 0 aliphatic carbocycles. The molecule has 116 valence electrons. The van der Waals surface area contributed by atoms with Gasteiger partial charge in [-0.2, -0.15) is 5.10 Å². The first-order valence-electron chi connectivity index (χ1n) is 7.12. The van der Waals surface area contributed by atoms with E-state index in [4.69, 9.17) is 4.74 Å². The summed E-state index contributed by atoms with van der Waals surface area (Å²) in [5, 5.41) is 9.72. The van der Waals surface area contributed by atoms with Crippen molar-refractivity contribution in [3.05, 3.63) is 66.0 Å². The Morgan fingerprint density at radius 3 is 2.96 bits per heavy atom. The molecular weight excluding hydrogens is 292 g/mol. The van der Waals surface area contributed by atoms with Crippen LogP contribution in [-0.2, 0) is 11.3 Å². The molecule has 0 aliphatic rings. The number of aromatic amines is 1. The molecule has 1 aromatic carbocycles. The number of hydrogen-bond donors (Lipinski definition) is 2. The van der Waals surface area contributed by atoms with E-state index in [1.54, 1.807) is 31.6 Å². The van der Waals surface area contributed by atoms with Crippen LogP contribution in [0.25, 0.3) is 11.4 Å². The van der Waals surface area contributed by atoms with Gasteiger partial charge in [-0.15, -0.1) is 0 Å². The number of benzene rings is 1. The van der Waals surface area contributed by atoms with Crippen molar-refractivity contribution in [2.45, 2.75) is 6.61 Å². The van der Waals surface area contributed by atoms with Gasteiger partial charge >= 0.3 is 0 Å². The van der Waals surface area contributed by atoms with Gasteiger partial charge in [0.1, 0.15) is 5.69 Å². The Morgan fingerprint density at radius 1 is 1.26 bits per heavy atom. The minimum absolute atomic E-state index is 0.207. The summed E-state index contributed by atoms with van der Waals surface area (Å²) < 4.78 is 5.09. The lowest BCUT2D eigenvalue weighted by Gasteiger charge is -2.07. The lowest BCUT2D eigenvalue weighted by molar-refractivity contribution is 0.102. The van der Waals surface area contributed by atoms with Crippen LogP contribution in [0.5, 0.6) is 0 Å². The second kappa shape index (κ2) is 6.85. The average molecular weight is 308 g/mol. The number of ether oxygens (including phenoxy) is 1. The Balaban J connectivity index is 1.82. The van der Waals surface area contributed by atoms with Gasteiger partial charge in [0, 0.05) is 18.9 Å². The summed E-state index contributed by atoms with van der Waals surface area (Å²) in [6, 6.07) is 12.9. The highest BCUT2D eigenvalue weighted by Gasteiger charge is 2.13. The second-order valence-electron chi connectivity index (χ2n) is 4.96. The molecule has 1 amide bonds. The van der Waals surface area contributed by atoms with E-state index in [9.17, 15) is 4.79 Å². The SMILES string of the molecule is COCc1cccc(C(=O)Nc2cn[nH]c2-c2ccccn2)c1. The molecule has 23 heavy (non-hydrogen) atoms. The van der Waals surface area contributed by atoms with Crippen molar-refractivity contribution in [2.24, 2.45) is 0 Å². The number of methoxy groups -OCH3 is 1. The number of nitrogens with zero attached hydrogens (tertiary/aromatic N) is 2. The normalized spacial score (nSPS) is 10.5. The predicted molar refractivity (Wildman–Crippen MR) is 86.9 cm³/mol. The first-order chi connectivity index (χ1) is 11.3. The number of anilines is 1. The molecule has 0 atom stereocenters. The Morgan fingerprint density at radius 2 is 2.17 bits per heavy atom. The predicted octanol–water partition coefficient (Wildman–Crippen LogP) is 2.87. The van der Waals surface area contributed by atoms with E-state index < -0.39 is 0 Å². The van der Waals surface area contributed by atoms with E-state index in [-0.39, 0.29) is 5.91 Å². The van der Waals surface area contributed by atoms with Crippen LogP contribution >= 0.6 is 0 Å². The molecule has 3 rings (SSSR count). The van der Waals surface area contributed by atoms with Crippen LogP contribution in [0.3, 0.4) is 0 Å². The highest BCUT2D eigenvalue weighted by molar-refractivity contribution is 6.05. The lowest BCUT2D eigenvalue weighted by atomic mass is 10.1. The fourth-order valence-corrected chi connectivity index (χ4v) is 2.25. The number of nitrogens with one attached hydrogen (secondary N) is 2. The van der Waals surface area contributed by atoms with Gasteiger partial charge < -0.3 is 10.1 Å². The van der Waals surface area contributed by atoms with Crippen LogP contribution in [0.15, 0.2) is 54.9 Å². The fourth-order valence-electron chi connectivity index (χ4n) is 2.25. The number of H-pyrrole nitrogens is 1. The van der Waals surface area contributed by atoms with Gasteiger partial charge in [-0.05, 0) is 29.8 Å². The maximum absolute atomic E-state index is 12.4. The highest BCUT2D eigenvalue weighted by atomic mass is 16.5. The largest absolute Gasteiger partial charge is 0.380 e. The first kappa shape index (κ1) is 14.9. The van der Waals surface area contributed by atoms with Crippen molar-refractivity contribution in [3.8, 4) is 11.4 Å². The van der Waals surface area contributed by atoms with Gasteiger partial charge in [0.25, 0.3) is 5.91 Å². The van der Waals surface area contributed by atoms with Gasteiger partial charge in [-0.1, -0.05) is 18.2 Å². The van der Waals surface area contributed by atoms with E-state index in [1.165, 1.54) is 0 Å². The zero-order valence-corrected chi connectivity index (χ0v) is 12.6. The van der Waals surface area contributed by atoms with Crippen LogP contribution in [-0.4, -0.2) is 28.2 Å². The number of carbonyl (C=O) groups excluding carboxylic acids is 1. The molecule has 0 unspecified atom stereocenters. The molecule has 2 aromatic heterocycles. The maximum atomic E-state index is 12.4. The molecule has 3 aromatic rings. The maximum Gasteiger partial charge on any atom is 0.255 e. The van der Waals surface area contributed by atoms with Crippen molar-refractivity contribution < 1.29 is 9.53 Å². The number of carbonyl (C=O) groups is 1. The molecule has 2 heterocycles. The summed E-state index contributed by atoms with van der Waals surface area (Å²) in [5.41, 5.74) is 3.48. The van der Waals surface area contributed by atoms with E-state index in [0.29, 0.717) is 29.2 Å². The van der Waals surface area contributed by atoms with Gasteiger partial charge in [-0.3, -0.25) is 14.9 Å². The Hall–Kier alpha value is -2.99. The van der Waals surface area contributed by atoms with Gasteiger partial charge in [0.15, 0.2) is 0 Å². The first-order valence-corrected chi connectivity index (χ1v) is 7.12. The molecule has 0 bridgehead atoms. The third-order valence-electron chi connectivity index (χ3n) is 3.31. The minimum Gasteiger partial charge on any atom is -0.380 e. The summed E-state index contributed by atoms with van der Waals surface area (Å²) >= 11 is 0. The summed E-state index contributed by atoms with van der Waals surface area (Å²) in [6.45, 7) is 0.464. The van der Waals surface area contributed by atoms with Gasteiger partial charge in [-0.25, -0.2) is 0 Å². The topological polar surface area (TPSA) is 79.9 Å². The highest BCUT2D eigenvalue weighted by Crippen LogP contribution is 2.23. The van der Waals surface area contributed by atoms with Crippen molar-refractivity contribution in [2.75, 3.05) is 12.4 Å². The van der Waals surface area contributed by atoms with Crippen LogP contribution in [0, 0.1) is 0 Å². The van der Waals surface area contributed by atoms with E-state index >= 15 is 0 Å². The van der Waals surface area contributed by atoms with Crippen molar-refractivity contribution in [1.29, 1.82) is 0 Å². The zero-order chi connectivity index (χ0) is 16.1. The van der Waals surface area contributed by atoms with Gasteiger partial charge in [0.05, 0.1) is 24.2 Å². The number of hydrogen-bond acceptors (Lipinski definition) is 4. The summed E-state index contributed by atoms with van der Waals surface area (Å²) in [7, 11) is 1.62. The number of aromatic nitrogens is 3. The molecule has 0 radical (unpaired) electrons. The van der Waals surface area contributed by atoms with Crippen LogP contribution in [0.2, 0.25) is 0 Å². The van der Waals surface area contributed by atoms with Crippen LogP contribution in [0.4, 0.5) is 5.69 Å². The zero-order valence-electron chi connectivity index (χ0n) is 12.6. The molecule has 0 saturated heterocycles. The Labute approximate surface area is 133 Å². The number of amides is 1. The molecule has 6 nitrogen and oxygen atoms in total. The third-order valence-corrected chi connectivity index (χ3v) is 3.31.